The maximum Gasteiger partial charge on any atom is 0.322 e. The zero-order valence-electron chi connectivity index (χ0n) is 12.8. The maximum absolute atomic E-state index is 5.83. The standard InChI is InChI=1S/C14H26ClN5O/c1-2-3-4-5-6-7-8-11-21-14-19-12(15)18-13(20-14)17-10-9-16/h2-11,16H2,1H3,(H,17,18,19,20). The van der Waals surface area contributed by atoms with E-state index >= 15 is 0 Å². The number of hydrogen-bond donors (Lipinski definition) is 2. The van der Waals surface area contributed by atoms with E-state index in [4.69, 9.17) is 22.1 Å². The zero-order valence-corrected chi connectivity index (χ0v) is 13.5. The molecule has 0 aliphatic carbocycles. The van der Waals surface area contributed by atoms with E-state index in [-0.39, 0.29) is 11.3 Å². The van der Waals surface area contributed by atoms with Crippen molar-refractivity contribution in [2.75, 3.05) is 25.0 Å². The molecule has 0 aromatic carbocycles. The summed E-state index contributed by atoms with van der Waals surface area (Å²) < 4.78 is 5.52. The third-order valence-corrected chi connectivity index (χ3v) is 3.16. The van der Waals surface area contributed by atoms with Gasteiger partial charge in [0.2, 0.25) is 11.2 Å². The van der Waals surface area contributed by atoms with Crippen molar-refractivity contribution in [3.63, 3.8) is 0 Å². The van der Waals surface area contributed by atoms with Crippen LogP contribution in [0.25, 0.3) is 0 Å². The van der Waals surface area contributed by atoms with E-state index < -0.39 is 0 Å². The largest absolute Gasteiger partial charge is 0.463 e. The number of ether oxygens (including phenoxy) is 1. The number of hydrogen-bond acceptors (Lipinski definition) is 6. The minimum absolute atomic E-state index is 0.124. The SMILES string of the molecule is CCCCCCCCCOc1nc(Cl)nc(NCCN)n1. The minimum Gasteiger partial charge on any atom is -0.463 e. The molecule has 1 aromatic heterocycles. The Hall–Kier alpha value is -1.14. The van der Waals surface area contributed by atoms with Crippen molar-refractivity contribution in [2.45, 2.75) is 51.9 Å². The Morgan fingerprint density at radius 2 is 1.76 bits per heavy atom. The molecule has 1 aromatic rings. The molecule has 0 unspecified atom stereocenters. The monoisotopic (exact) mass is 315 g/mol. The Labute approximate surface area is 131 Å². The Balaban J connectivity index is 2.20. The van der Waals surface area contributed by atoms with Gasteiger partial charge in [-0.15, -0.1) is 0 Å². The van der Waals surface area contributed by atoms with E-state index in [2.05, 4.69) is 27.2 Å². The average molecular weight is 316 g/mol. The molecule has 7 heteroatoms. The fourth-order valence-electron chi connectivity index (χ4n) is 1.88. The lowest BCUT2D eigenvalue weighted by atomic mass is 10.1. The summed E-state index contributed by atoms with van der Waals surface area (Å²) in [7, 11) is 0. The van der Waals surface area contributed by atoms with Gasteiger partial charge in [-0.2, -0.15) is 15.0 Å². The molecular weight excluding hydrogens is 290 g/mol. The molecule has 0 radical (unpaired) electrons. The van der Waals surface area contributed by atoms with Crippen molar-refractivity contribution in [1.82, 2.24) is 15.0 Å². The fraction of sp³-hybridized carbons (Fsp3) is 0.786. The highest BCUT2D eigenvalue weighted by Gasteiger charge is 2.05. The normalized spacial score (nSPS) is 10.6. The summed E-state index contributed by atoms with van der Waals surface area (Å²) in [6.45, 7) is 3.91. The van der Waals surface area contributed by atoms with Crippen LogP contribution in [0.1, 0.15) is 51.9 Å². The molecule has 0 aliphatic rings. The van der Waals surface area contributed by atoms with Gasteiger partial charge in [0.1, 0.15) is 0 Å². The molecule has 0 amide bonds. The summed E-state index contributed by atoms with van der Waals surface area (Å²) >= 11 is 5.83. The van der Waals surface area contributed by atoms with Crippen LogP contribution in [-0.2, 0) is 0 Å². The van der Waals surface area contributed by atoms with Crippen LogP contribution in [0.5, 0.6) is 6.01 Å². The second kappa shape index (κ2) is 11.5. The quantitative estimate of drug-likeness (QED) is 0.577. The first-order chi connectivity index (χ1) is 10.3. The van der Waals surface area contributed by atoms with E-state index in [1.807, 2.05) is 0 Å². The topological polar surface area (TPSA) is 86.0 Å². The molecule has 21 heavy (non-hydrogen) atoms. The highest BCUT2D eigenvalue weighted by Crippen LogP contribution is 2.12. The van der Waals surface area contributed by atoms with Crippen LogP contribution in [0, 0.1) is 0 Å². The van der Waals surface area contributed by atoms with Gasteiger partial charge in [0.15, 0.2) is 0 Å². The van der Waals surface area contributed by atoms with E-state index in [0.29, 0.717) is 25.6 Å². The van der Waals surface area contributed by atoms with Gasteiger partial charge in [0, 0.05) is 13.1 Å². The van der Waals surface area contributed by atoms with Crippen LogP contribution in [0.2, 0.25) is 5.28 Å². The molecule has 1 rings (SSSR count). The lowest BCUT2D eigenvalue weighted by Gasteiger charge is -2.07. The fourth-order valence-corrected chi connectivity index (χ4v) is 2.03. The van der Waals surface area contributed by atoms with E-state index in [0.717, 1.165) is 6.42 Å². The Morgan fingerprint density at radius 3 is 2.48 bits per heavy atom. The van der Waals surface area contributed by atoms with Crippen LogP contribution < -0.4 is 15.8 Å². The summed E-state index contributed by atoms with van der Waals surface area (Å²) in [4.78, 5) is 12.0. The van der Waals surface area contributed by atoms with Crippen molar-refractivity contribution >= 4 is 17.5 Å². The highest BCUT2D eigenvalue weighted by molar-refractivity contribution is 6.28. The molecule has 0 atom stereocenters. The molecule has 1 heterocycles. The second-order valence-corrected chi connectivity index (χ2v) is 5.23. The first-order valence-electron chi connectivity index (χ1n) is 7.74. The number of aromatic nitrogens is 3. The van der Waals surface area contributed by atoms with Crippen LogP contribution in [0.3, 0.4) is 0 Å². The third-order valence-electron chi connectivity index (χ3n) is 2.99. The van der Waals surface area contributed by atoms with Crippen molar-refractivity contribution in [2.24, 2.45) is 5.73 Å². The predicted octanol–water partition coefficient (Wildman–Crippen LogP) is 3.03. The van der Waals surface area contributed by atoms with Crippen molar-refractivity contribution in [1.29, 1.82) is 0 Å². The number of unbranched alkanes of at least 4 members (excludes halogenated alkanes) is 6. The van der Waals surface area contributed by atoms with Gasteiger partial charge in [-0.05, 0) is 18.0 Å². The molecule has 6 nitrogen and oxygen atoms in total. The summed E-state index contributed by atoms with van der Waals surface area (Å²) in [5, 5.41) is 3.08. The molecule has 0 aliphatic heterocycles. The predicted molar refractivity (Wildman–Crippen MR) is 85.9 cm³/mol. The molecule has 0 spiro atoms. The second-order valence-electron chi connectivity index (χ2n) is 4.90. The molecule has 0 saturated heterocycles. The molecular formula is C14H26ClN5O. The van der Waals surface area contributed by atoms with E-state index in [1.165, 1.54) is 38.5 Å². The highest BCUT2D eigenvalue weighted by atomic mass is 35.5. The van der Waals surface area contributed by atoms with Gasteiger partial charge in [-0.1, -0.05) is 45.4 Å². The van der Waals surface area contributed by atoms with Crippen LogP contribution in [-0.4, -0.2) is 34.6 Å². The van der Waals surface area contributed by atoms with Crippen molar-refractivity contribution in [3.05, 3.63) is 5.28 Å². The van der Waals surface area contributed by atoms with Gasteiger partial charge in [-0.3, -0.25) is 0 Å². The van der Waals surface area contributed by atoms with Crippen molar-refractivity contribution < 1.29 is 4.74 Å². The van der Waals surface area contributed by atoms with Gasteiger partial charge < -0.3 is 15.8 Å². The van der Waals surface area contributed by atoms with Crippen LogP contribution in [0.15, 0.2) is 0 Å². The maximum atomic E-state index is 5.83. The number of halogens is 1. The number of rotatable bonds is 12. The number of nitrogens with one attached hydrogen (secondary N) is 1. The van der Waals surface area contributed by atoms with E-state index in [9.17, 15) is 0 Å². The molecule has 0 bridgehead atoms. The summed E-state index contributed by atoms with van der Waals surface area (Å²) in [5.74, 6) is 0.398. The lowest BCUT2D eigenvalue weighted by Crippen LogP contribution is -2.15. The molecule has 0 fully saturated rings. The number of nitrogens with two attached hydrogens (primary N) is 1. The van der Waals surface area contributed by atoms with Gasteiger partial charge >= 0.3 is 6.01 Å². The van der Waals surface area contributed by atoms with Gasteiger partial charge in [0.25, 0.3) is 0 Å². The Bertz CT molecular complexity index is 392. The lowest BCUT2D eigenvalue weighted by molar-refractivity contribution is 0.280. The Kier molecular flexibility index (Phi) is 9.82. The third kappa shape index (κ3) is 8.67. The first kappa shape index (κ1) is 17.9. The smallest absolute Gasteiger partial charge is 0.322 e. The summed E-state index contributed by atoms with van der Waals surface area (Å²) in [6, 6.07) is 0.264. The average Bonchev–Trinajstić information content (AvgIpc) is 2.47. The van der Waals surface area contributed by atoms with Crippen LogP contribution >= 0.6 is 11.6 Å². The Morgan fingerprint density at radius 1 is 1.05 bits per heavy atom. The number of nitrogens with zero attached hydrogens (tertiary/aromatic N) is 3. The van der Waals surface area contributed by atoms with E-state index in [1.54, 1.807) is 0 Å². The van der Waals surface area contributed by atoms with Gasteiger partial charge in [0.05, 0.1) is 6.61 Å². The minimum atomic E-state index is 0.124. The zero-order chi connectivity index (χ0) is 15.3. The summed E-state index contributed by atoms with van der Waals surface area (Å²) in [6.07, 6.45) is 8.67. The van der Waals surface area contributed by atoms with Crippen LogP contribution in [0.4, 0.5) is 5.95 Å². The van der Waals surface area contributed by atoms with Gasteiger partial charge in [-0.25, -0.2) is 0 Å². The molecule has 3 N–H and O–H groups in total. The first-order valence-corrected chi connectivity index (χ1v) is 8.12. The molecule has 0 saturated carbocycles. The summed E-state index contributed by atoms with van der Waals surface area (Å²) in [5.41, 5.74) is 5.41. The van der Waals surface area contributed by atoms with Crippen molar-refractivity contribution in [3.8, 4) is 6.01 Å². The number of anilines is 1. The molecule has 120 valence electrons.